The van der Waals surface area contributed by atoms with Gasteiger partial charge in [-0.2, -0.15) is 0 Å². The lowest BCUT2D eigenvalue weighted by Gasteiger charge is -1.88. The maximum absolute atomic E-state index is 8.92. The molecular weight excluding hydrogens is 158 g/mol. The molecule has 0 saturated carbocycles. The first-order valence-electron chi connectivity index (χ1n) is 2.52. The lowest BCUT2D eigenvalue weighted by atomic mass is 10.4. The number of rotatable bonds is 2. The summed E-state index contributed by atoms with van der Waals surface area (Å²) >= 11 is 6.86. The van der Waals surface area contributed by atoms with Crippen molar-refractivity contribution in [2.45, 2.75) is 6.42 Å². The molecule has 1 heterocycles. The molecule has 0 spiro atoms. The summed E-state index contributed by atoms with van der Waals surface area (Å²) in [5, 5.41) is 8.92. The van der Waals surface area contributed by atoms with Gasteiger partial charge in [0.1, 0.15) is 0 Å². The molecule has 0 unspecified atom stereocenters. The molecule has 0 atom stereocenters. The first-order chi connectivity index (χ1) is 4.34. The second-order valence-electron chi connectivity index (χ2n) is 1.54. The van der Waals surface area contributed by atoms with Gasteiger partial charge in [0.2, 0.25) is 5.88 Å². The maximum atomic E-state index is 8.92. The summed E-state index contributed by atoms with van der Waals surface area (Å²) in [6.07, 6.45) is 0.706. The van der Waals surface area contributed by atoms with Crippen molar-refractivity contribution < 1.29 is 5.11 Å². The number of alkyl halides is 1. The predicted molar refractivity (Wildman–Crippen MR) is 38.2 cm³/mol. The molecule has 1 N–H and O–H groups in total. The fourth-order valence-corrected chi connectivity index (χ4v) is 1.48. The van der Waals surface area contributed by atoms with Crippen LogP contribution in [0.25, 0.3) is 0 Å². The van der Waals surface area contributed by atoms with Crippen molar-refractivity contribution in [3.05, 3.63) is 10.4 Å². The zero-order chi connectivity index (χ0) is 6.69. The zero-order valence-corrected chi connectivity index (χ0v) is 6.24. The summed E-state index contributed by atoms with van der Waals surface area (Å²) in [4.78, 5) is 4.52. The molecule has 1 rings (SSSR count). The Bertz CT molecular complexity index is 189. The molecule has 0 amide bonds. The SMILES string of the molecule is Oc1ncsc1CCCl. The minimum atomic E-state index is 0.126. The van der Waals surface area contributed by atoms with Crippen LogP contribution in [-0.2, 0) is 6.42 Å². The average molecular weight is 164 g/mol. The van der Waals surface area contributed by atoms with E-state index < -0.39 is 0 Å². The van der Waals surface area contributed by atoms with Gasteiger partial charge < -0.3 is 5.11 Å². The van der Waals surface area contributed by atoms with Crippen LogP contribution < -0.4 is 0 Å². The number of halogens is 1. The fraction of sp³-hybridized carbons (Fsp3) is 0.400. The van der Waals surface area contributed by atoms with Crippen LogP contribution >= 0.6 is 22.9 Å². The van der Waals surface area contributed by atoms with E-state index in [1.165, 1.54) is 11.3 Å². The molecule has 0 saturated heterocycles. The van der Waals surface area contributed by atoms with Gasteiger partial charge in [0.05, 0.1) is 10.4 Å². The molecule has 0 aliphatic rings. The van der Waals surface area contributed by atoms with Crippen LogP contribution in [0.3, 0.4) is 0 Å². The second-order valence-corrected chi connectivity index (χ2v) is 2.86. The first kappa shape index (κ1) is 6.83. The van der Waals surface area contributed by atoms with Gasteiger partial charge in [-0.25, -0.2) is 4.98 Å². The Balaban J connectivity index is 2.69. The van der Waals surface area contributed by atoms with Gasteiger partial charge in [-0.05, 0) is 0 Å². The minimum Gasteiger partial charge on any atom is -0.492 e. The first-order valence-corrected chi connectivity index (χ1v) is 3.93. The monoisotopic (exact) mass is 163 g/mol. The summed E-state index contributed by atoms with van der Waals surface area (Å²) < 4.78 is 0. The Hall–Kier alpha value is -0.280. The van der Waals surface area contributed by atoms with E-state index in [-0.39, 0.29) is 5.88 Å². The molecule has 9 heavy (non-hydrogen) atoms. The third-order valence-electron chi connectivity index (χ3n) is 0.941. The summed E-state index contributed by atoms with van der Waals surface area (Å²) in [6, 6.07) is 0. The van der Waals surface area contributed by atoms with Crippen LogP contribution in [0.15, 0.2) is 5.51 Å². The van der Waals surface area contributed by atoms with Crippen molar-refractivity contribution in [2.24, 2.45) is 0 Å². The van der Waals surface area contributed by atoms with Gasteiger partial charge in [-0.15, -0.1) is 22.9 Å². The van der Waals surface area contributed by atoms with Gasteiger partial charge in [-0.3, -0.25) is 0 Å². The number of aromatic nitrogens is 1. The highest BCUT2D eigenvalue weighted by atomic mass is 35.5. The highest BCUT2D eigenvalue weighted by Crippen LogP contribution is 2.19. The summed E-state index contributed by atoms with van der Waals surface area (Å²) in [5.41, 5.74) is 1.61. The molecule has 1 aromatic heterocycles. The van der Waals surface area contributed by atoms with Gasteiger partial charge in [-0.1, -0.05) is 0 Å². The van der Waals surface area contributed by atoms with E-state index in [1.54, 1.807) is 5.51 Å². The van der Waals surface area contributed by atoms with Gasteiger partial charge in [0.25, 0.3) is 0 Å². The normalized spacial score (nSPS) is 9.89. The van der Waals surface area contributed by atoms with Crippen molar-refractivity contribution in [3.63, 3.8) is 0 Å². The predicted octanol–water partition coefficient (Wildman–Crippen LogP) is 1.63. The van der Waals surface area contributed by atoms with Crippen molar-refractivity contribution in [3.8, 4) is 5.88 Å². The number of hydrogen-bond acceptors (Lipinski definition) is 3. The summed E-state index contributed by atoms with van der Waals surface area (Å²) in [5.74, 6) is 0.663. The lowest BCUT2D eigenvalue weighted by Crippen LogP contribution is -1.79. The smallest absolute Gasteiger partial charge is 0.225 e. The van der Waals surface area contributed by atoms with E-state index in [0.29, 0.717) is 12.3 Å². The number of nitrogens with zero attached hydrogens (tertiary/aromatic N) is 1. The van der Waals surface area contributed by atoms with Gasteiger partial charge >= 0.3 is 0 Å². The van der Waals surface area contributed by atoms with E-state index in [0.717, 1.165) is 4.88 Å². The van der Waals surface area contributed by atoms with Crippen molar-refractivity contribution >= 4 is 22.9 Å². The number of hydrogen-bond donors (Lipinski definition) is 1. The van der Waals surface area contributed by atoms with Crippen LogP contribution in [0.2, 0.25) is 0 Å². The van der Waals surface area contributed by atoms with E-state index >= 15 is 0 Å². The van der Waals surface area contributed by atoms with Crippen LogP contribution in [0.4, 0.5) is 0 Å². The lowest BCUT2D eigenvalue weighted by molar-refractivity contribution is 0.452. The van der Waals surface area contributed by atoms with E-state index in [9.17, 15) is 0 Å². The summed E-state index contributed by atoms with van der Waals surface area (Å²) in [6.45, 7) is 0. The Labute approximate surface area is 62.1 Å². The van der Waals surface area contributed by atoms with Crippen molar-refractivity contribution in [1.29, 1.82) is 0 Å². The third-order valence-corrected chi connectivity index (χ3v) is 2.01. The Kier molecular flexibility index (Phi) is 2.30. The molecule has 2 nitrogen and oxygen atoms in total. The van der Waals surface area contributed by atoms with E-state index in [4.69, 9.17) is 16.7 Å². The van der Waals surface area contributed by atoms with Crippen molar-refractivity contribution in [2.75, 3.05) is 5.88 Å². The highest BCUT2D eigenvalue weighted by molar-refractivity contribution is 7.09. The minimum absolute atomic E-state index is 0.126. The van der Waals surface area contributed by atoms with E-state index in [2.05, 4.69) is 4.98 Å². The third kappa shape index (κ3) is 1.56. The molecule has 0 radical (unpaired) electrons. The molecule has 4 heteroatoms. The van der Waals surface area contributed by atoms with Crippen LogP contribution in [0.1, 0.15) is 4.88 Å². The highest BCUT2D eigenvalue weighted by Gasteiger charge is 2.00. The molecule has 0 aliphatic heterocycles. The van der Waals surface area contributed by atoms with Crippen LogP contribution in [0.5, 0.6) is 5.88 Å². The summed E-state index contributed by atoms with van der Waals surface area (Å²) in [7, 11) is 0. The molecule has 0 aliphatic carbocycles. The number of thiazole rings is 1. The zero-order valence-electron chi connectivity index (χ0n) is 4.67. The van der Waals surface area contributed by atoms with Gasteiger partial charge in [0.15, 0.2) is 0 Å². The quantitative estimate of drug-likeness (QED) is 0.673. The molecular formula is C5H6ClNOS. The molecule has 0 bridgehead atoms. The Morgan fingerprint density at radius 2 is 2.56 bits per heavy atom. The van der Waals surface area contributed by atoms with E-state index in [1.807, 2.05) is 0 Å². The maximum Gasteiger partial charge on any atom is 0.225 e. The van der Waals surface area contributed by atoms with Crippen molar-refractivity contribution in [1.82, 2.24) is 4.98 Å². The topological polar surface area (TPSA) is 33.1 Å². The van der Waals surface area contributed by atoms with Crippen LogP contribution in [0, 0.1) is 0 Å². The Morgan fingerprint density at radius 3 is 3.00 bits per heavy atom. The Morgan fingerprint density at radius 1 is 1.78 bits per heavy atom. The molecule has 50 valence electrons. The average Bonchev–Trinajstić information content (AvgIpc) is 2.18. The van der Waals surface area contributed by atoms with Gasteiger partial charge in [0, 0.05) is 12.3 Å². The molecule has 1 aromatic rings. The molecule has 0 fully saturated rings. The number of aryl methyl sites for hydroxylation is 1. The largest absolute Gasteiger partial charge is 0.492 e. The molecule has 0 aromatic carbocycles. The standard InChI is InChI=1S/C5H6ClNOS/c6-2-1-4-5(8)7-3-9-4/h3,8H,1-2H2. The van der Waals surface area contributed by atoms with Crippen LogP contribution in [-0.4, -0.2) is 16.0 Å². The second kappa shape index (κ2) is 3.03. The fourth-order valence-electron chi connectivity index (χ4n) is 0.521. The number of aromatic hydroxyl groups is 1.